The minimum atomic E-state index is 0.429. The van der Waals surface area contributed by atoms with Crippen molar-refractivity contribution >= 4 is 51.9 Å². The summed E-state index contributed by atoms with van der Waals surface area (Å²) in [5.41, 5.74) is 1.16. The third kappa shape index (κ3) is 3.07. The number of aryl methyl sites for hydroxylation is 1. The summed E-state index contributed by atoms with van der Waals surface area (Å²) < 4.78 is 1.16. The summed E-state index contributed by atoms with van der Waals surface area (Å²) in [6, 6.07) is 0. The fourth-order valence-electron chi connectivity index (χ4n) is 1.96. The number of halogens is 1. The normalized spacial score (nSPS) is 24.0. The van der Waals surface area contributed by atoms with Crippen LogP contribution in [0.15, 0.2) is 0 Å². The number of hydrogen-bond donors (Lipinski definition) is 1. The first kappa shape index (κ1) is 14.7. The Balaban J connectivity index is 2.37. The molecule has 100 valence electrons. The van der Waals surface area contributed by atoms with Crippen molar-refractivity contribution < 1.29 is 0 Å². The summed E-state index contributed by atoms with van der Waals surface area (Å²) in [5, 5.41) is 4.21. The number of anilines is 1. The SMILES string of the molecule is CCc1nc(C2SCCSC2C)nc(NC)c1I. The lowest BCUT2D eigenvalue weighted by atomic mass is 10.2. The van der Waals surface area contributed by atoms with Gasteiger partial charge in [0.2, 0.25) is 0 Å². The second-order valence-electron chi connectivity index (χ2n) is 4.16. The number of hydrogen-bond acceptors (Lipinski definition) is 5. The Bertz CT molecular complexity index is 403. The number of rotatable bonds is 3. The van der Waals surface area contributed by atoms with Crippen LogP contribution in [0.5, 0.6) is 0 Å². The molecule has 0 radical (unpaired) electrons. The zero-order valence-corrected chi connectivity index (χ0v) is 14.7. The highest BCUT2D eigenvalue weighted by atomic mass is 127. The number of nitrogens with zero attached hydrogens (tertiary/aromatic N) is 2. The van der Waals surface area contributed by atoms with E-state index >= 15 is 0 Å². The molecule has 1 aliphatic heterocycles. The second kappa shape index (κ2) is 6.65. The molecule has 0 bridgehead atoms. The predicted octanol–water partition coefficient (Wildman–Crippen LogP) is 3.59. The van der Waals surface area contributed by atoms with Crippen LogP contribution in [-0.4, -0.2) is 33.8 Å². The Labute approximate surface area is 131 Å². The van der Waals surface area contributed by atoms with E-state index < -0.39 is 0 Å². The van der Waals surface area contributed by atoms with Crippen LogP contribution in [0, 0.1) is 3.57 Å². The molecular formula is C12H18IN3S2. The van der Waals surface area contributed by atoms with Crippen molar-refractivity contribution in [3.05, 3.63) is 15.1 Å². The predicted molar refractivity (Wildman–Crippen MR) is 90.8 cm³/mol. The van der Waals surface area contributed by atoms with Crippen LogP contribution in [0.1, 0.15) is 30.6 Å². The van der Waals surface area contributed by atoms with Gasteiger partial charge < -0.3 is 5.32 Å². The molecule has 0 amide bonds. The average Bonchev–Trinajstić information content (AvgIpc) is 2.40. The zero-order chi connectivity index (χ0) is 13.1. The molecule has 0 aromatic carbocycles. The van der Waals surface area contributed by atoms with Gasteiger partial charge in [-0.1, -0.05) is 13.8 Å². The van der Waals surface area contributed by atoms with E-state index in [1.165, 1.54) is 11.5 Å². The average molecular weight is 395 g/mol. The van der Waals surface area contributed by atoms with Crippen LogP contribution >= 0.6 is 46.1 Å². The van der Waals surface area contributed by atoms with Crippen molar-refractivity contribution in [2.24, 2.45) is 0 Å². The van der Waals surface area contributed by atoms with Crippen LogP contribution in [0.25, 0.3) is 0 Å². The molecule has 3 nitrogen and oxygen atoms in total. The Hall–Kier alpha value is 0.310. The lowest BCUT2D eigenvalue weighted by molar-refractivity contribution is 0.802. The van der Waals surface area contributed by atoms with Gasteiger partial charge in [0.15, 0.2) is 0 Å². The highest BCUT2D eigenvalue weighted by molar-refractivity contribution is 14.1. The van der Waals surface area contributed by atoms with Crippen molar-refractivity contribution in [2.45, 2.75) is 30.8 Å². The molecule has 1 N–H and O–H groups in total. The van der Waals surface area contributed by atoms with E-state index in [0.717, 1.165) is 27.3 Å². The lowest BCUT2D eigenvalue weighted by Crippen LogP contribution is -2.20. The van der Waals surface area contributed by atoms with E-state index in [0.29, 0.717) is 10.5 Å². The monoisotopic (exact) mass is 395 g/mol. The number of thioether (sulfide) groups is 2. The summed E-state index contributed by atoms with van der Waals surface area (Å²) >= 11 is 6.36. The van der Waals surface area contributed by atoms with Crippen LogP contribution in [0.3, 0.4) is 0 Å². The van der Waals surface area contributed by atoms with Gasteiger partial charge in [0.25, 0.3) is 0 Å². The fourth-order valence-corrected chi connectivity index (χ4v) is 5.54. The summed E-state index contributed by atoms with van der Waals surface area (Å²) in [6.07, 6.45) is 0.960. The molecule has 0 saturated carbocycles. The molecule has 2 heterocycles. The fraction of sp³-hybridized carbons (Fsp3) is 0.667. The minimum absolute atomic E-state index is 0.429. The Kier molecular flexibility index (Phi) is 5.44. The molecule has 1 aromatic heterocycles. The molecule has 0 spiro atoms. The van der Waals surface area contributed by atoms with Crippen LogP contribution < -0.4 is 5.32 Å². The van der Waals surface area contributed by atoms with Crippen LogP contribution in [0.4, 0.5) is 5.82 Å². The third-order valence-corrected chi connectivity index (χ3v) is 7.17. The third-order valence-electron chi connectivity index (χ3n) is 2.95. The molecule has 1 fully saturated rings. The van der Waals surface area contributed by atoms with E-state index in [2.05, 4.69) is 41.8 Å². The zero-order valence-electron chi connectivity index (χ0n) is 10.9. The van der Waals surface area contributed by atoms with Gasteiger partial charge in [-0.05, 0) is 29.0 Å². The maximum Gasteiger partial charge on any atom is 0.145 e. The molecule has 6 heteroatoms. The molecule has 1 aromatic rings. The van der Waals surface area contributed by atoms with E-state index in [1.54, 1.807) is 0 Å². The first-order chi connectivity index (χ1) is 8.67. The summed E-state index contributed by atoms with van der Waals surface area (Å²) in [5.74, 6) is 4.42. The van der Waals surface area contributed by atoms with Gasteiger partial charge in [-0.15, -0.1) is 11.8 Å². The van der Waals surface area contributed by atoms with Crippen molar-refractivity contribution in [1.29, 1.82) is 0 Å². The first-order valence-corrected chi connectivity index (χ1v) is 9.32. The van der Waals surface area contributed by atoms with Gasteiger partial charge in [-0.2, -0.15) is 11.8 Å². The molecule has 2 atom stereocenters. The highest BCUT2D eigenvalue weighted by Crippen LogP contribution is 2.41. The van der Waals surface area contributed by atoms with Gasteiger partial charge in [0.1, 0.15) is 11.6 Å². The van der Waals surface area contributed by atoms with Gasteiger partial charge in [-0.25, -0.2) is 9.97 Å². The molecule has 0 aliphatic carbocycles. The molecule has 18 heavy (non-hydrogen) atoms. The Morgan fingerprint density at radius 1 is 1.33 bits per heavy atom. The largest absolute Gasteiger partial charge is 0.372 e. The molecule has 2 unspecified atom stereocenters. The smallest absolute Gasteiger partial charge is 0.145 e. The Morgan fingerprint density at radius 3 is 2.67 bits per heavy atom. The summed E-state index contributed by atoms with van der Waals surface area (Å²) in [6.45, 7) is 4.44. The van der Waals surface area contributed by atoms with E-state index in [9.17, 15) is 0 Å². The number of nitrogens with one attached hydrogen (secondary N) is 1. The molecule has 1 aliphatic rings. The lowest BCUT2D eigenvalue weighted by Gasteiger charge is -2.27. The second-order valence-corrected chi connectivity index (χ2v) is 7.98. The van der Waals surface area contributed by atoms with Gasteiger partial charge in [-0.3, -0.25) is 0 Å². The van der Waals surface area contributed by atoms with E-state index in [1.807, 2.05) is 30.6 Å². The summed E-state index contributed by atoms with van der Waals surface area (Å²) in [4.78, 5) is 9.49. The maximum absolute atomic E-state index is 4.78. The van der Waals surface area contributed by atoms with Crippen molar-refractivity contribution in [1.82, 2.24) is 9.97 Å². The highest BCUT2D eigenvalue weighted by Gasteiger charge is 2.27. The molecule has 1 saturated heterocycles. The van der Waals surface area contributed by atoms with Gasteiger partial charge in [0, 0.05) is 23.8 Å². The first-order valence-electron chi connectivity index (χ1n) is 6.14. The van der Waals surface area contributed by atoms with E-state index in [4.69, 9.17) is 9.97 Å². The van der Waals surface area contributed by atoms with Gasteiger partial charge >= 0.3 is 0 Å². The van der Waals surface area contributed by atoms with Gasteiger partial charge in [0.05, 0.1) is 14.5 Å². The Morgan fingerprint density at radius 2 is 2.06 bits per heavy atom. The molecule has 2 rings (SSSR count). The minimum Gasteiger partial charge on any atom is -0.372 e. The maximum atomic E-state index is 4.78. The molecular weight excluding hydrogens is 377 g/mol. The van der Waals surface area contributed by atoms with Crippen molar-refractivity contribution in [3.8, 4) is 0 Å². The quantitative estimate of drug-likeness (QED) is 0.792. The van der Waals surface area contributed by atoms with E-state index in [-0.39, 0.29) is 0 Å². The topological polar surface area (TPSA) is 37.8 Å². The van der Waals surface area contributed by atoms with Crippen molar-refractivity contribution in [2.75, 3.05) is 23.9 Å². The standard InChI is InChI=1S/C12H18IN3S2/c1-4-8-9(13)11(14-3)16-12(15-8)10-7(2)17-5-6-18-10/h7,10H,4-6H2,1-3H3,(H,14,15,16). The summed E-state index contributed by atoms with van der Waals surface area (Å²) in [7, 11) is 1.93. The van der Waals surface area contributed by atoms with Crippen molar-refractivity contribution in [3.63, 3.8) is 0 Å². The number of aromatic nitrogens is 2. The van der Waals surface area contributed by atoms with Crippen LogP contribution in [-0.2, 0) is 6.42 Å². The van der Waals surface area contributed by atoms with Crippen LogP contribution in [0.2, 0.25) is 0 Å².